The van der Waals surface area contributed by atoms with E-state index < -0.39 is 0 Å². The summed E-state index contributed by atoms with van der Waals surface area (Å²) < 4.78 is 0. The third-order valence-corrected chi connectivity index (χ3v) is 4.32. The molecule has 0 saturated carbocycles. The van der Waals surface area contributed by atoms with Gasteiger partial charge in [-0.3, -0.25) is 0 Å². The molecule has 1 unspecified atom stereocenters. The number of nitrogens with zero attached hydrogens (tertiary/aromatic N) is 1. The third kappa shape index (κ3) is 3.01. The molecule has 0 rings (SSSR count). The van der Waals surface area contributed by atoms with Crippen LogP contribution in [0.2, 0.25) is 12.1 Å². The quantitative estimate of drug-likeness (QED) is 0.608. The van der Waals surface area contributed by atoms with Crippen molar-refractivity contribution in [3.05, 3.63) is 0 Å². The van der Waals surface area contributed by atoms with Gasteiger partial charge in [0.25, 0.3) is 0 Å². The molecule has 0 saturated heterocycles. The molecule has 0 aromatic rings. The molecule has 0 aromatic carbocycles. The highest BCUT2D eigenvalue weighted by molar-refractivity contribution is 6.57. The SMILES string of the molecule is CCB(C(C)C(C)(C)C(C)C)N(C)C. The first-order chi connectivity index (χ1) is 6.25. The second kappa shape index (κ2) is 5.20. The van der Waals surface area contributed by atoms with Crippen LogP contribution in [0.5, 0.6) is 0 Å². The largest absolute Gasteiger partial charge is 0.347 e. The first-order valence-corrected chi connectivity index (χ1v) is 5.91. The summed E-state index contributed by atoms with van der Waals surface area (Å²) >= 11 is 0. The van der Waals surface area contributed by atoms with Crippen molar-refractivity contribution in [3.8, 4) is 0 Å². The van der Waals surface area contributed by atoms with Gasteiger partial charge in [0.05, 0.1) is 0 Å². The number of hydrogen-bond acceptors (Lipinski definition) is 1. The molecule has 84 valence electrons. The molecule has 0 fully saturated rings. The number of rotatable bonds is 5. The molecular weight excluding hydrogens is 169 g/mol. The van der Waals surface area contributed by atoms with Crippen LogP contribution in [0, 0.1) is 11.3 Å². The Morgan fingerprint density at radius 2 is 1.57 bits per heavy atom. The number of hydrogen-bond donors (Lipinski definition) is 0. The Morgan fingerprint density at radius 1 is 1.14 bits per heavy atom. The minimum absolute atomic E-state index is 0.422. The summed E-state index contributed by atoms with van der Waals surface area (Å²) in [6, 6.07) is 0. The van der Waals surface area contributed by atoms with Gasteiger partial charge in [0, 0.05) is 0 Å². The predicted octanol–water partition coefficient (Wildman–Crippen LogP) is 3.63. The van der Waals surface area contributed by atoms with Gasteiger partial charge in [-0.1, -0.05) is 47.9 Å². The second-order valence-electron chi connectivity index (χ2n) is 5.70. The van der Waals surface area contributed by atoms with Gasteiger partial charge in [-0.25, -0.2) is 0 Å². The van der Waals surface area contributed by atoms with Gasteiger partial charge >= 0.3 is 0 Å². The predicted molar refractivity (Wildman–Crippen MR) is 68.0 cm³/mol. The van der Waals surface area contributed by atoms with Crippen molar-refractivity contribution in [2.24, 2.45) is 11.3 Å². The van der Waals surface area contributed by atoms with Crippen LogP contribution in [-0.2, 0) is 0 Å². The summed E-state index contributed by atoms with van der Waals surface area (Å²) in [5, 5.41) is 0. The third-order valence-electron chi connectivity index (χ3n) is 4.32. The molecule has 0 amide bonds. The van der Waals surface area contributed by atoms with Crippen molar-refractivity contribution in [1.29, 1.82) is 0 Å². The van der Waals surface area contributed by atoms with Crippen LogP contribution in [0.15, 0.2) is 0 Å². The van der Waals surface area contributed by atoms with E-state index in [9.17, 15) is 0 Å². The van der Waals surface area contributed by atoms with Gasteiger partial charge in [-0.05, 0) is 31.2 Å². The maximum Gasteiger partial charge on any atom is 0.225 e. The highest BCUT2D eigenvalue weighted by atomic mass is 15.0. The normalized spacial score (nSPS) is 15.0. The topological polar surface area (TPSA) is 3.24 Å². The van der Waals surface area contributed by atoms with Gasteiger partial charge in [0.15, 0.2) is 0 Å². The van der Waals surface area contributed by atoms with E-state index in [0.717, 1.165) is 11.7 Å². The fraction of sp³-hybridized carbons (Fsp3) is 1.00. The Balaban J connectivity index is 4.64. The Bertz CT molecular complexity index is 164. The minimum Gasteiger partial charge on any atom is -0.347 e. The molecule has 0 bridgehead atoms. The molecular formula is C12H28BN. The summed E-state index contributed by atoms with van der Waals surface area (Å²) in [4.78, 5) is 2.37. The smallest absolute Gasteiger partial charge is 0.225 e. The lowest BCUT2D eigenvalue weighted by molar-refractivity contribution is 0.231. The standard InChI is InChI=1S/C12H28BN/c1-9-13(14(7)8)11(4)12(5,6)10(2)3/h10-11H,9H2,1-8H3. The van der Waals surface area contributed by atoms with E-state index >= 15 is 0 Å². The van der Waals surface area contributed by atoms with Crippen LogP contribution in [0.1, 0.15) is 41.5 Å². The van der Waals surface area contributed by atoms with E-state index in [4.69, 9.17) is 0 Å². The summed E-state index contributed by atoms with van der Waals surface area (Å²) in [6.45, 7) is 14.8. The average Bonchev–Trinajstić information content (AvgIpc) is 2.04. The molecule has 0 aliphatic heterocycles. The van der Waals surface area contributed by atoms with E-state index in [-0.39, 0.29) is 0 Å². The van der Waals surface area contributed by atoms with Crippen molar-refractivity contribution in [1.82, 2.24) is 4.81 Å². The van der Waals surface area contributed by atoms with E-state index in [1.54, 1.807) is 0 Å². The Hall–Kier alpha value is 0.0249. The molecule has 0 aliphatic rings. The first-order valence-electron chi connectivity index (χ1n) is 5.91. The van der Waals surface area contributed by atoms with Gasteiger partial charge in [0.2, 0.25) is 6.85 Å². The molecule has 14 heavy (non-hydrogen) atoms. The zero-order valence-electron chi connectivity index (χ0n) is 11.4. The van der Waals surface area contributed by atoms with E-state index in [1.165, 1.54) is 6.32 Å². The monoisotopic (exact) mass is 197 g/mol. The van der Waals surface area contributed by atoms with Crippen molar-refractivity contribution >= 4 is 6.85 Å². The molecule has 0 N–H and O–H groups in total. The van der Waals surface area contributed by atoms with Crippen molar-refractivity contribution in [2.45, 2.75) is 53.7 Å². The zero-order chi connectivity index (χ0) is 11.5. The average molecular weight is 197 g/mol. The lowest BCUT2D eigenvalue weighted by Gasteiger charge is -2.41. The lowest BCUT2D eigenvalue weighted by atomic mass is 9.41. The summed E-state index contributed by atoms with van der Waals surface area (Å²) in [5.41, 5.74) is 0.422. The first kappa shape index (κ1) is 14.0. The van der Waals surface area contributed by atoms with Crippen molar-refractivity contribution in [2.75, 3.05) is 14.1 Å². The Kier molecular flexibility index (Phi) is 5.21. The highest BCUT2D eigenvalue weighted by Gasteiger charge is 2.36. The molecule has 1 atom stereocenters. The van der Waals surface area contributed by atoms with Crippen LogP contribution >= 0.6 is 0 Å². The van der Waals surface area contributed by atoms with Crippen LogP contribution in [-0.4, -0.2) is 25.8 Å². The highest BCUT2D eigenvalue weighted by Crippen LogP contribution is 2.41. The van der Waals surface area contributed by atoms with Gasteiger partial charge in [-0.15, -0.1) is 0 Å². The van der Waals surface area contributed by atoms with Gasteiger partial charge < -0.3 is 4.81 Å². The minimum atomic E-state index is 0.422. The molecule has 0 radical (unpaired) electrons. The Labute approximate surface area is 91.4 Å². The van der Waals surface area contributed by atoms with Gasteiger partial charge in [-0.2, -0.15) is 0 Å². The molecule has 0 aliphatic carbocycles. The second-order valence-corrected chi connectivity index (χ2v) is 5.70. The maximum atomic E-state index is 2.40. The summed E-state index contributed by atoms with van der Waals surface area (Å²) in [6.07, 6.45) is 1.24. The molecule has 0 heterocycles. The molecule has 0 spiro atoms. The summed E-state index contributed by atoms with van der Waals surface area (Å²) in [5.74, 6) is 1.48. The zero-order valence-corrected chi connectivity index (χ0v) is 11.4. The fourth-order valence-electron chi connectivity index (χ4n) is 2.19. The van der Waals surface area contributed by atoms with E-state index in [2.05, 4.69) is 60.4 Å². The van der Waals surface area contributed by atoms with Crippen LogP contribution in [0.3, 0.4) is 0 Å². The maximum absolute atomic E-state index is 2.40. The fourth-order valence-corrected chi connectivity index (χ4v) is 2.19. The van der Waals surface area contributed by atoms with E-state index in [0.29, 0.717) is 12.3 Å². The molecule has 0 aromatic heterocycles. The summed E-state index contributed by atoms with van der Waals surface area (Å²) in [7, 11) is 4.39. The van der Waals surface area contributed by atoms with Crippen LogP contribution in [0.4, 0.5) is 0 Å². The van der Waals surface area contributed by atoms with Crippen LogP contribution in [0.25, 0.3) is 0 Å². The lowest BCUT2D eigenvalue weighted by Crippen LogP contribution is -2.43. The van der Waals surface area contributed by atoms with Crippen molar-refractivity contribution in [3.63, 3.8) is 0 Å². The molecule has 2 heteroatoms. The van der Waals surface area contributed by atoms with Gasteiger partial charge in [0.1, 0.15) is 0 Å². The van der Waals surface area contributed by atoms with Crippen molar-refractivity contribution < 1.29 is 0 Å². The Morgan fingerprint density at radius 3 is 1.79 bits per heavy atom. The molecule has 1 nitrogen and oxygen atoms in total. The van der Waals surface area contributed by atoms with Crippen LogP contribution < -0.4 is 0 Å². The van der Waals surface area contributed by atoms with E-state index in [1.807, 2.05) is 0 Å².